The highest BCUT2D eigenvalue weighted by atomic mass is 32.2. The van der Waals surface area contributed by atoms with Gasteiger partial charge in [-0.05, 0) is 87.3 Å². The Morgan fingerprint density at radius 3 is 2.36 bits per heavy atom. The molecule has 0 aliphatic carbocycles. The number of pyridine rings is 1. The SMILES string of the molecule is CCCN1CCN(C2CCN(C(=O)OC3(c4cccnc4OCC)C(=O)N(S(=O)(=O)c4ccc(OC)cc4)c4ccc(C#N)cc43)CC2)CC1. The van der Waals surface area contributed by atoms with E-state index in [1.165, 1.54) is 61.8 Å². The lowest BCUT2D eigenvalue weighted by molar-refractivity contribution is -0.132. The highest BCUT2D eigenvalue weighted by Crippen LogP contribution is 2.51. The molecule has 3 aliphatic rings. The second-order valence-electron chi connectivity index (χ2n) is 12.5. The molecule has 1 atom stereocenters. The maximum Gasteiger partial charge on any atom is 0.411 e. The Morgan fingerprint density at radius 1 is 1.00 bits per heavy atom. The summed E-state index contributed by atoms with van der Waals surface area (Å²) >= 11 is 0. The number of sulfonamides is 1. The Labute approximate surface area is 293 Å². The fourth-order valence-electron chi connectivity index (χ4n) is 7.13. The number of hydrogen-bond donors (Lipinski definition) is 0. The summed E-state index contributed by atoms with van der Waals surface area (Å²) in [6, 6.07) is 15.3. The molecular formula is C36H42N6O7S. The van der Waals surface area contributed by atoms with Gasteiger partial charge in [0.2, 0.25) is 5.88 Å². The standard InChI is InChI=1S/C36H42N6O7S/c1-4-17-39-20-22-40(23-21-39)27-14-18-41(19-15-27)35(44)49-36(30-7-6-16-38-33(30)48-5-2)31-24-26(25-37)8-13-32(31)42(34(36)43)50(45,46)29-11-9-28(47-3)10-12-29/h6-13,16,24,27H,4-5,14-15,17-23H2,1-3H3. The first-order chi connectivity index (χ1) is 24.2. The van der Waals surface area contributed by atoms with Crippen LogP contribution in [-0.4, -0.2) is 106 Å². The number of amides is 2. The van der Waals surface area contributed by atoms with Crippen molar-refractivity contribution >= 4 is 27.7 Å². The van der Waals surface area contributed by atoms with E-state index in [0.29, 0.717) is 29.2 Å². The average molecular weight is 703 g/mol. The summed E-state index contributed by atoms with van der Waals surface area (Å²) in [6.07, 6.45) is 3.27. The first-order valence-corrected chi connectivity index (χ1v) is 18.4. The van der Waals surface area contributed by atoms with Gasteiger partial charge >= 0.3 is 6.09 Å². The summed E-state index contributed by atoms with van der Waals surface area (Å²) in [5, 5.41) is 9.89. The molecule has 2 aromatic carbocycles. The largest absolute Gasteiger partial charge is 0.497 e. The van der Waals surface area contributed by atoms with E-state index >= 15 is 0 Å². The number of piperazine rings is 1. The van der Waals surface area contributed by atoms with Crippen LogP contribution in [0.4, 0.5) is 10.5 Å². The third-order valence-corrected chi connectivity index (χ3v) is 11.4. The van der Waals surface area contributed by atoms with Crippen molar-refractivity contribution in [2.24, 2.45) is 0 Å². The van der Waals surface area contributed by atoms with Gasteiger partial charge in [-0.3, -0.25) is 9.69 Å². The molecule has 0 radical (unpaired) electrons. The molecule has 264 valence electrons. The zero-order valence-corrected chi connectivity index (χ0v) is 29.4. The lowest BCUT2D eigenvalue weighted by atomic mass is 9.87. The molecular weight excluding hydrogens is 660 g/mol. The van der Waals surface area contributed by atoms with Crippen molar-refractivity contribution in [3.63, 3.8) is 0 Å². The summed E-state index contributed by atoms with van der Waals surface area (Å²) in [4.78, 5) is 39.9. The monoisotopic (exact) mass is 702 g/mol. The molecule has 2 amide bonds. The summed E-state index contributed by atoms with van der Waals surface area (Å²) in [5.74, 6) is -0.632. The van der Waals surface area contributed by atoms with Crippen LogP contribution in [0.1, 0.15) is 49.8 Å². The lowest BCUT2D eigenvalue weighted by Crippen LogP contribution is -2.54. The highest BCUT2D eigenvalue weighted by molar-refractivity contribution is 7.93. The first-order valence-electron chi connectivity index (χ1n) is 17.0. The molecule has 2 fully saturated rings. The van der Waals surface area contributed by atoms with E-state index in [-0.39, 0.29) is 39.8 Å². The molecule has 13 nitrogen and oxygen atoms in total. The molecule has 0 N–H and O–H groups in total. The number of nitrogens with zero attached hydrogens (tertiary/aromatic N) is 6. The third kappa shape index (κ3) is 6.36. The Bertz CT molecular complexity index is 1870. The molecule has 0 spiro atoms. The number of fused-ring (bicyclic) bond motifs is 1. The minimum Gasteiger partial charge on any atom is -0.497 e. The number of aromatic nitrogens is 1. The number of piperidine rings is 1. The number of methoxy groups -OCH3 is 1. The molecule has 4 heterocycles. The number of carbonyl (C=O) groups excluding carboxylic acids is 2. The first kappa shape index (κ1) is 35.1. The molecule has 0 bridgehead atoms. The molecule has 50 heavy (non-hydrogen) atoms. The molecule has 3 aromatic rings. The molecule has 1 aromatic heterocycles. The molecule has 0 saturated carbocycles. The number of ether oxygens (including phenoxy) is 3. The van der Waals surface area contributed by atoms with Crippen LogP contribution in [0.3, 0.4) is 0 Å². The van der Waals surface area contributed by atoms with Gasteiger partial charge in [0.1, 0.15) is 5.75 Å². The van der Waals surface area contributed by atoms with Crippen molar-refractivity contribution < 1.29 is 32.2 Å². The van der Waals surface area contributed by atoms with Gasteiger partial charge in [0.15, 0.2) is 0 Å². The van der Waals surface area contributed by atoms with Gasteiger partial charge in [-0.15, -0.1) is 0 Å². The molecule has 14 heteroatoms. The van der Waals surface area contributed by atoms with Crippen LogP contribution in [-0.2, 0) is 25.2 Å². The third-order valence-electron chi connectivity index (χ3n) is 9.66. The van der Waals surface area contributed by atoms with E-state index in [9.17, 15) is 23.3 Å². The van der Waals surface area contributed by atoms with Crippen molar-refractivity contribution in [1.29, 1.82) is 5.26 Å². The van der Waals surface area contributed by atoms with Crippen LogP contribution in [0, 0.1) is 11.3 Å². The van der Waals surface area contributed by atoms with E-state index in [1.54, 1.807) is 17.9 Å². The average Bonchev–Trinajstić information content (AvgIpc) is 3.39. The van der Waals surface area contributed by atoms with Gasteiger partial charge < -0.3 is 24.0 Å². The van der Waals surface area contributed by atoms with Crippen molar-refractivity contribution in [3.05, 3.63) is 77.5 Å². The van der Waals surface area contributed by atoms with Gasteiger partial charge in [0.25, 0.3) is 21.5 Å². The van der Waals surface area contributed by atoms with E-state index in [0.717, 1.165) is 52.0 Å². The smallest absolute Gasteiger partial charge is 0.411 e. The fourth-order valence-corrected chi connectivity index (χ4v) is 8.58. The second kappa shape index (κ2) is 14.6. The zero-order chi connectivity index (χ0) is 35.5. The number of likely N-dealkylation sites (tertiary alicyclic amines) is 1. The van der Waals surface area contributed by atoms with Crippen LogP contribution in [0.25, 0.3) is 0 Å². The summed E-state index contributed by atoms with van der Waals surface area (Å²) < 4.78 is 46.6. The molecule has 3 aliphatic heterocycles. The number of anilines is 1. The molecule has 1 unspecified atom stereocenters. The van der Waals surface area contributed by atoms with Crippen LogP contribution >= 0.6 is 0 Å². The van der Waals surface area contributed by atoms with Gasteiger partial charge in [0.05, 0.1) is 41.5 Å². The fraction of sp³-hybridized carbons (Fsp3) is 0.444. The lowest BCUT2D eigenvalue weighted by Gasteiger charge is -2.43. The summed E-state index contributed by atoms with van der Waals surface area (Å²) in [5.41, 5.74) is -2.19. The maximum absolute atomic E-state index is 15.0. The van der Waals surface area contributed by atoms with Gasteiger partial charge in [-0.2, -0.15) is 9.57 Å². The maximum atomic E-state index is 15.0. The molecule has 6 rings (SSSR count). The van der Waals surface area contributed by atoms with E-state index < -0.39 is 27.6 Å². The number of carbonyl (C=O) groups is 2. The minimum atomic E-state index is -4.57. The Balaban J connectivity index is 1.38. The van der Waals surface area contributed by atoms with E-state index in [1.807, 2.05) is 0 Å². The van der Waals surface area contributed by atoms with Crippen molar-refractivity contribution in [3.8, 4) is 17.7 Å². The predicted molar refractivity (Wildman–Crippen MR) is 184 cm³/mol. The Kier molecular flexibility index (Phi) is 10.3. The molecule has 2 saturated heterocycles. The summed E-state index contributed by atoms with van der Waals surface area (Å²) in [6.45, 7) is 9.98. The number of benzene rings is 2. The minimum absolute atomic E-state index is 0.00548. The Morgan fingerprint density at radius 2 is 1.72 bits per heavy atom. The van der Waals surface area contributed by atoms with E-state index in [2.05, 4.69) is 27.8 Å². The predicted octanol–water partition coefficient (Wildman–Crippen LogP) is 3.97. The zero-order valence-electron chi connectivity index (χ0n) is 28.6. The topological polar surface area (TPSA) is 146 Å². The van der Waals surface area contributed by atoms with Crippen molar-refractivity contribution in [2.45, 2.75) is 49.6 Å². The number of hydrogen-bond acceptors (Lipinski definition) is 11. The second-order valence-corrected chi connectivity index (χ2v) is 14.3. The van der Waals surface area contributed by atoms with Crippen molar-refractivity contribution in [1.82, 2.24) is 19.7 Å². The van der Waals surface area contributed by atoms with Crippen LogP contribution in [0.15, 0.2) is 65.7 Å². The number of rotatable bonds is 10. The van der Waals surface area contributed by atoms with Crippen LogP contribution < -0.4 is 13.8 Å². The highest BCUT2D eigenvalue weighted by Gasteiger charge is 2.61. The quantitative estimate of drug-likeness (QED) is 0.303. The van der Waals surface area contributed by atoms with Gasteiger partial charge in [-0.25, -0.2) is 18.2 Å². The Hall–Kier alpha value is -4.71. The van der Waals surface area contributed by atoms with Gasteiger partial charge in [-0.1, -0.05) is 6.92 Å². The summed E-state index contributed by atoms with van der Waals surface area (Å²) in [7, 11) is -3.11. The van der Waals surface area contributed by atoms with Crippen LogP contribution in [0.5, 0.6) is 11.6 Å². The van der Waals surface area contributed by atoms with E-state index in [4.69, 9.17) is 14.2 Å². The van der Waals surface area contributed by atoms with Gasteiger partial charge in [0, 0.05) is 57.1 Å². The van der Waals surface area contributed by atoms with Crippen LogP contribution in [0.2, 0.25) is 0 Å². The number of nitriles is 1. The normalized spacial score (nSPS) is 20.3. The van der Waals surface area contributed by atoms with Crippen molar-refractivity contribution in [2.75, 3.05) is 63.8 Å².